The zero-order chi connectivity index (χ0) is 11.5. The first-order chi connectivity index (χ1) is 8.42. The number of aromatic nitrogens is 1. The van der Waals surface area contributed by atoms with Gasteiger partial charge in [0, 0.05) is 62.9 Å². The van der Waals surface area contributed by atoms with Crippen LogP contribution in [0.4, 0.5) is 0 Å². The van der Waals surface area contributed by atoms with Crippen LogP contribution in [-0.4, -0.2) is 60.1 Å². The molecule has 1 aromatic heterocycles. The summed E-state index contributed by atoms with van der Waals surface area (Å²) in [4.78, 5) is 10.8. The van der Waals surface area contributed by atoms with E-state index in [0.29, 0.717) is 0 Å². The van der Waals surface area contributed by atoms with Gasteiger partial charge in [0.05, 0.1) is 5.51 Å². The fourth-order valence-corrected chi connectivity index (χ4v) is 3.48. The first-order valence-corrected chi connectivity index (χ1v) is 7.34. The lowest BCUT2D eigenvalue weighted by atomic mass is 10.2. The second-order valence-corrected chi connectivity index (χ2v) is 5.90. The summed E-state index contributed by atoms with van der Waals surface area (Å²) in [6.07, 6.45) is 3.33. The quantitative estimate of drug-likeness (QED) is 0.901. The van der Waals surface area contributed by atoms with Gasteiger partial charge in [-0.05, 0) is 6.42 Å². The van der Waals surface area contributed by atoms with Crippen molar-refractivity contribution >= 4 is 23.7 Å². The molecule has 2 aliphatic heterocycles. The van der Waals surface area contributed by atoms with Crippen molar-refractivity contribution in [3.05, 3.63) is 16.6 Å². The summed E-state index contributed by atoms with van der Waals surface area (Å²) < 4.78 is 0. The molecule has 1 atom stereocenters. The minimum Gasteiger partial charge on any atom is -0.314 e. The van der Waals surface area contributed by atoms with E-state index in [1.54, 1.807) is 11.3 Å². The second kappa shape index (κ2) is 6.82. The van der Waals surface area contributed by atoms with E-state index in [1.165, 1.54) is 37.5 Å². The van der Waals surface area contributed by atoms with Gasteiger partial charge in [-0.25, -0.2) is 0 Å². The van der Waals surface area contributed by atoms with E-state index in [4.69, 9.17) is 0 Å². The van der Waals surface area contributed by atoms with Gasteiger partial charge in [0.15, 0.2) is 0 Å². The number of piperazine rings is 1. The van der Waals surface area contributed by atoms with Gasteiger partial charge in [0.2, 0.25) is 0 Å². The van der Waals surface area contributed by atoms with E-state index in [1.807, 2.05) is 11.7 Å². The second-order valence-electron chi connectivity index (χ2n) is 4.93. The third-order valence-electron chi connectivity index (χ3n) is 3.78. The van der Waals surface area contributed by atoms with Crippen LogP contribution < -0.4 is 5.32 Å². The zero-order valence-electron chi connectivity index (χ0n) is 10.5. The Labute approximate surface area is 119 Å². The fraction of sp³-hybridized carbons (Fsp3) is 0.750. The summed E-state index contributed by atoms with van der Waals surface area (Å²) in [7, 11) is 0. The highest BCUT2D eigenvalue weighted by molar-refractivity contribution is 7.09. The molecule has 0 amide bonds. The molecule has 2 saturated heterocycles. The Kier molecular flexibility index (Phi) is 5.38. The van der Waals surface area contributed by atoms with Crippen LogP contribution in [0, 0.1) is 0 Å². The van der Waals surface area contributed by atoms with Crippen molar-refractivity contribution in [2.45, 2.75) is 19.0 Å². The zero-order valence-corrected chi connectivity index (χ0v) is 12.2. The minimum absolute atomic E-state index is 0. The predicted molar refractivity (Wildman–Crippen MR) is 77.5 cm³/mol. The highest BCUT2D eigenvalue weighted by atomic mass is 35.5. The molecule has 2 fully saturated rings. The Morgan fingerprint density at radius 1 is 1.33 bits per heavy atom. The van der Waals surface area contributed by atoms with E-state index >= 15 is 0 Å². The van der Waals surface area contributed by atoms with E-state index in [2.05, 4.69) is 20.1 Å². The van der Waals surface area contributed by atoms with Gasteiger partial charge in [-0.2, -0.15) is 0 Å². The van der Waals surface area contributed by atoms with E-state index in [-0.39, 0.29) is 12.4 Å². The maximum absolute atomic E-state index is 4.15. The average molecular weight is 289 g/mol. The van der Waals surface area contributed by atoms with Crippen LogP contribution in [0.3, 0.4) is 0 Å². The number of rotatable bonds is 3. The van der Waals surface area contributed by atoms with Crippen molar-refractivity contribution in [1.29, 1.82) is 0 Å². The number of halogens is 1. The van der Waals surface area contributed by atoms with Crippen LogP contribution in [0.1, 0.15) is 11.3 Å². The molecule has 4 nitrogen and oxygen atoms in total. The lowest BCUT2D eigenvalue weighted by molar-refractivity contribution is 0.170. The van der Waals surface area contributed by atoms with Crippen molar-refractivity contribution in [3.8, 4) is 0 Å². The third kappa shape index (κ3) is 3.42. The largest absolute Gasteiger partial charge is 0.314 e. The summed E-state index contributed by atoms with van der Waals surface area (Å²) >= 11 is 1.77. The molecule has 102 valence electrons. The molecule has 2 aliphatic rings. The van der Waals surface area contributed by atoms with Gasteiger partial charge in [-0.15, -0.1) is 23.7 Å². The number of nitrogens with zero attached hydrogens (tertiary/aromatic N) is 3. The van der Waals surface area contributed by atoms with Crippen molar-refractivity contribution in [2.75, 3.05) is 39.3 Å². The van der Waals surface area contributed by atoms with E-state index in [0.717, 1.165) is 25.7 Å². The molecule has 18 heavy (non-hydrogen) atoms. The molecule has 0 aliphatic carbocycles. The molecule has 1 aromatic rings. The molecular formula is C12H21ClN4S. The van der Waals surface area contributed by atoms with Crippen molar-refractivity contribution in [3.63, 3.8) is 0 Å². The number of thiazole rings is 1. The Bertz CT molecular complexity index is 340. The third-order valence-corrected chi connectivity index (χ3v) is 4.54. The predicted octanol–water partition coefficient (Wildman–Crippen LogP) is 1.04. The smallest absolute Gasteiger partial charge is 0.0794 e. The lowest BCUT2D eigenvalue weighted by Gasteiger charge is -2.32. The molecule has 3 rings (SSSR count). The van der Waals surface area contributed by atoms with E-state index < -0.39 is 0 Å². The topological polar surface area (TPSA) is 31.4 Å². The molecule has 6 heteroatoms. The van der Waals surface area contributed by atoms with Gasteiger partial charge in [0.1, 0.15) is 0 Å². The first kappa shape index (κ1) is 14.2. The van der Waals surface area contributed by atoms with Crippen LogP contribution in [0.2, 0.25) is 0 Å². The standard InChI is InChI=1S/C12H20N4S.ClH/c1-4-15(9-12-7-14-10-17-12)8-11(1)16-5-2-13-3-6-16;/h7,10-11,13H,1-6,8-9H2;1H. The van der Waals surface area contributed by atoms with Crippen molar-refractivity contribution in [1.82, 2.24) is 20.1 Å². The maximum atomic E-state index is 4.15. The van der Waals surface area contributed by atoms with Gasteiger partial charge in [-0.1, -0.05) is 0 Å². The molecule has 1 N–H and O–H groups in total. The average Bonchev–Trinajstić information content (AvgIpc) is 3.02. The molecule has 3 heterocycles. The highest BCUT2D eigenvalue weighted by Gasteiger charge is 2.28. The van der Waals surface area contributed by atoms with Gasteiger partial charge in [-0.3, -0.25) is 14.8 Å². The number of nitrogens with one attached hydrogen (secondary N) is 1. The highest BCUT2D eigenvalue weighted by Crippen LogP contribution is 2.19. The minimum atomic E-state index is 0. The Morgan fingerprint density at radius 2 is 2.17 bits per heavy atom. The van der Waals surface area contributed by atoms with Crippen LogP contribution in [0.15, 0.2) is 11.7 Å². The maximum Gasteiger partial charge on any atom is 0.0794 e. The normalized spacial score (nSPS) is 26.1. The van der Waals surface area contributed by atoms with Gasteiger partial charge < -0.3 is 5.32 Å². The molecular weight excluding hydrogens is 268 g/mol. The molecule has 0 aromatic carbocycles. The summed E-state index contributed by atoms with van der Waals surface area (Å²) in [6, 6.07) is 0.782. The molecule has 0 bridgehead atoms. The van der Waals surface area contributed by atoms with Gasteiger partial charge >= 0.3 is 0 Å². The SMILES string of the molecule is Cl.c1ncc(CN2CCC(N3CCNCC3)C2)s1. The molecule has 0 radical (unpaired) electrons. The Morgan fingerprint density at radius 3 is 2.89 bits per heavy atom. The van der Waals surface area contributed by atoms with Crippen LogP contribution in [-0.2, 0) is 6.54 Å². The monoisotopic (exact) mass is 288 g/mol. The summed E-state index contributed by atoms with van der Waals surface area (Å²) in [5, 5.41) is 3.42. The van der Waals surface area contributed by atoms with Crippen molar-refractivity contribution < 1.29 is 0 Å². The van der Waals surface area contributed by atoms with Crippen LogP contribution in [0.5, 0.6) is 0 Å². The lowest BCUT2D eigenvalue weighted by Crippen LogP contribution is -2.49. The summed E-state index contributed by atoms with van der Waals surface area (Å²) in [5.41, 5.74) is 1.93. The summed E-state index contributed by atoms with van der Waals surface area (Å²) in [6.45, 7) is 8.33. The number of hydrogen-bond donors (Lipinski definition) is 1. The van der Waals surface area contributed by atoms with Crippen LogP contribution >= 0.6 is 23.7 Å². The molecule has 1 unspecified atom stereocenters. The number of hydrogen-bond acceptors (Lipinski definition) is 5. The fourth-order valence-electron chi connectivity index (χ4n) is 2.84. The molecule has 0 spiro atoms. The van der Waals surface area contributed by atoms with Gasteiger partial charge in [0.25, 0.3) is 0 Å². The summed E-state index contributed by atoms with van der Waals surface area (Å²) in [5.74, 6) is 0. The van der Waals surface area contributed by atoms with Crippen molar-refractivity contribution in [2.24, 2.45) is 0 Å². The Balaban J connectivity index is 0.00000120. The van der Waals surface area contributed by atoms with Crippen LogP contribution in [0.25, 0.3) is 0 Å². The number of likely N-dealkylation sites (tertiary alicyclic amines) is 1. The first-order valence-electron chi connectivity index (χ1n) is 6.46. The Hall–Kier alpha value is -0.200. The van der Waals surface area contributed by atoms with E-state index in [9.17, 15) is 0 Å². The molecule has 0 saturated carbocycles.